The average Bonchev–Trinajstić information content (AvgIpc) is 3.12. The number of nitrogens with one attached hydrogen (secondary N) is 1. The quantitative estimate of drug-likeness (QED) is 0.800. The van der Waals surface area contributed by atoms with Crippen molar-refractivity contribution < 1.29 is 4.79 Å². The Morgan fingerprint density at radius 2 is 2.30 bits per heavy atom. The fourth-order valence-electron chi connectivity index (χ4n) is 1.79. The van der Waals surface area contributed by atoms with Gasteiger partial charge in [-0.3, -0.25) is 9.36 Å². The van der Waals surface area contributed by atoms with Crippen LogP contribution in [0.15, 0.2) is 53.9 Å². The molecular weight excluding hydrogens is 272 g/mol. The molecule has 3 aromatic rings. The van der Waals surface area contributed by atoms with Crippen molar-refractivity contribution >= 4 is 22.9 Å². The van der Waals surface area contributed by atoms with Crippen LogP contribution in [0.25, 0.3) is 5.82 Å². The van der Waals surface area contributed by atoms with Crippen molar-refractivity contribution in [3.05, 3.63) is 59.4 Å². The third-order valence-corrected chi connectivity index (χ3v) is 3.48. The van der Waals surface area contributed by atoms with Gasteiger partial charge in [0, 0.05) is 12.4 Å². The minimum absolute atomic E-state index is 0.0411. The largest absolute Gasteiger partial charge is 0.324 e. The van der Waals surface area contributed by atoms with Gasteiger partial charge >= 0.3 is 0 Å². The maximum atomic E-state index is 11.8. The second-order valence-electron chi connectivity index (χ2n) is 4.23. The second-order valence-corrected chi connectivity index (χ2v) is 5.01. The van der Waals surface area contributed by atoms with Crippen LogP contribution in [0.1, 0.15) is 5.56 Å². The number of aromatic nitrogens is 3. The van der Waals surface area contributed by atoms with E-state index >= 15 is 0 Å². The van der Waals surface area contributed by atoms with E-state index in [0.29, 0.717) is 12.1 Å². The Balaban J connectivity index is 1.65. The van der Waals surface area contributed by atoms with Gasteiger partial charge in [0.2, 0.25) is 5.91 Å². The Labute approximate surface area is 119 Å². The van der Waals surface area contributed by atoms with Crippen LogP contribution in [0.2, 0.25) is 0 Å². The van der Waals surface area contributed by atoms with Gasteiger partial charge in [0.05, 0.1) is 18.3 Å². The molecule has 0 aromatic carbocycles. The summed E-state index contributed by atoms with van der Waals surface area (Å²) in [5.41, 5.74) is 1.71. The lowest BCUT2D eigenvalue weighted by Gasteiger charge is -2.05. The van der Waals surface area contributed by atoms with Gasteiger partial charge in [0.25, 0.3) is 0 Å². The van der Waals surface area contributed by atoms with Crippen LogP contribution in [0, 0.1) is 0 Å². The fraction of sp³-hybridized carbons (Fsp3) is 0.0714. The number of nitrogens with zero attached hydrogens (tertiary/aromatic N) is 3. The van der Waals surface area contributed by atoms with Crippen LogP contribution in [0.3, 0.4) is 0 Å². The lowest BCUT2D eigenvalue weighted by molar-refractivity contribution is -0.115. The normalized spacial score (nSPS) is 10.4. The lowest BCUT2D eigenvalue weighted by atomic mass is 10.2. The van der Waals surface area contributed by atoms with Gasteiger partial charge in [-0.15, -0.1) is 0 Å². The monoisotopic (exact) mass is 284 g/mol. The van der Waals surface area contributed by atoms with E-state index in [0.717, 1.165) is 11.4 Å². The molecule has 6 heteroatoms. The highest BCUT2D eigenvalue weighted by Crippen LogP contribution is 2.11. The number of pyridine rings is 1. The molecule has 0 bridgehead atoms. The molecule has 0 atom stereocenters. The van der Waals surface area contributed by atoms with Crippen LogP contribution < -0.4 is 5.32 Å². The van der Waals surface area contributed by atoms with Crippen molar-refractivity contribution in [1.29, 1.82) is 0 Å². The Hall–Kier alpha value is -2.47. The third kappa shape index (κ3) is 2.92. The van der Waals surface area contributed by atoms with E-state index in [1.165, 1.54) is 0 Å². The summed E-state index contributed by atoms with van der Waals surface area (Å²) in [5, 5.41) is 6.77. The van der Waals surface area contributed by atoms with Crippen LogP contribution >= 0.6 is 11.3 Å². The molecule has 1 amide bonds. The molecule has 0 radical (unpaired) electrons. The summed E-state index contributed by atoms with van der Waals surface area (Å²) in [6.07, 6.45) is 7.21. The zero-order valence-corrected chi connectivity index (χ0v) is 11.4. The van der Waals surface area contributed by atoms with Crippen molar-refractivity contribution in [2.75, 3.05) is 5.32 Å². The van der Waals surface area contributed by atoms with Crippen molar-refractivity contribution in [2.24, 2.45) is 0 Å². The van der Waals surface area contributed by atoms with Crippen molar-refractivity contribution in [1.82, 2.24) is 14.5 Å². The van der Waals surface area contributed by atoms with Gasteiger partial charge < -0.3 is 5.32 Å². The van der Waals surface area contributed by atoms with Gasteiger partial charge in [-0.25, -0.2) is 9.97 Å². The molecule has 0 saturated heterocycles. The van der Waals surface area contributed by atoms with E-state index < -0.39 is 0 Å². The number of carbonyl (C=O) groups is 1. The Morgan fingerprint density at radius 3 is 2.95 bits per heavy atom. The van der Waals surface area contributed by atoms with Gasteiger partial charge in [-0.05, 0) is 34.5 Å². The number of hydrogen-bond acceptors (Lipinski definition) is 4. The molecule has 100 valence electrons. The number of carbonyl (C=O) groups excluding carboxylic acids is 1. The van der Waals surface area contributed by atoms with Gasteiger partial charge in [-0.1, -0.05) is 0 Å². The molecule has 0 aliphatic rings. The van der Waals surface area contributed by atoms with E-state index in [1.807, 2.05) is 35.2 Å². The summed E-state index contributed by atoms with van der Waals surface area (Å²) >= 11 is 1.59. The average molecular weight is 284 g/mol. The van der Waals surface area contributed by atoms with Crippen LogP contribution in [0.4, 0.5) is 5.69 Å². The van der Waals surface area contributed by atoms with Gasteiger partial charge in [-0.2, -0.15) is 11.3 Å². The highest BCUT2D eigenvalue weighted by atomic mass is 32.1. The molecule has 3 heterocycles. The maximum absolute atomic E-state index is 11.8. The number of thiophene rings is 1. The maximum Gasteiger partial charge on any atom is 0.228 e. The number of imidazole rings is 1. The first-order valence-corrected chi connectivity index (χ1v) is 7.01. The summed E-state index contributed by atoms with van der Waals surface area (Å²) in [6, 6.07) is 5.61. The number of amides is 1. The molecule has 3 aromatic heterocycles. The molecule has 20 heavy (non-hydrogen) atoms. The first-order valence-electron chi connectivity index (χ1n) is 6.06. The molecule has 1 N–H and O–H groups in total. The van der Waals surface area contributed by atoms with Crippen LogP contribution in [-0.4, -0.2) is 20.4 Å². The van der Waals surface area contributed by atoms with Crippen LogP contribution in [0.5, 0.6) is 0 Å². The highest BCUT2D eigenvalue weighted by molar-refractivity contribution is 7.08. The van der Waals surface area contributed by atoms with E-state index in [4.69, 9.17) is 0 Å². The Kier molecular flexibility index (Phi) is 3.56. The molecular formula is C14H12N4OS. The molecule has 0 aliphatic heterocycles. The smallest absolute Gasteiger partial charge is 0.228 e. The molecule has 0 unspecified atom stereocenters. The molecule has 0 saturated carbocycles. The minimum atomic E-state index is -0.0411. The first-order chi connectivity index (χ1) is 9.81. The van der Waals surface area contributed by atoms with E-state index in [9.17, 15) is 4.79 Å². The van der Waals surface area contributed by atoms with Crippen molar-refractivity contribution in [2.45, 2.75) is 6.42 Å². The predicted molar refractivity (Wildman–Crippen MR) is 78.0 cm³/mol. The summed E-state index contributed by atoms with van der Waals surface area (Å²) in [7, 11) is 0. The van der Waals surface area contributed by atoms with Crippen LogP contribution in [-0.2, 0) is 11.2 Å². The SMILES string of the molecule is O=C(Cc1ccsc1)Nc1ccc(-n2ccnc2)nc1. The van der Waals surface area contributed by atoms with E-state index in [-0.39, 0.29) is 5.91 Å². The predicted octanol–water partition coefficient (Wildman–Crippen LogP) is 2.51. The zero-order chi connectivity index (χ0) is 13.8. The molecule has 0 spiro atoms. The lowest BCUT2D eigenvalue weighted by Crippen LogP contribution is -2.14. The standard InChI is InChI=1S/C14H12N4OS/c19-14(7-11-3-6-20-9-11)17-12-1-2-13(16-8-12)18-5-4-15-10-18/h1-6,8-10H,7H2,(H,17,19). The third-order valence-electron chi connectivity index (χ3n) is 2.75. The van der Waals surface area contributed by atoms with E-state index in [1.54, 1.807) is 34.6 Å². The summed E-state index contributed by atoms with van der Waals surface area (Å²) in [5.74, 6) is 0.721. The summed E-state index contributed by atoms with van der Waals surface area (Å²) in [4.78, 5) is 20.1. The Bertz CT molecular complexity index is 675. The highest BCUT2D eigenvalue weighted by Gasteiger charge is 2.05. The van der Waals surface area contributed by atoms with Gasteiger partial charge in [0.1, 0.15) is 12.1 Å². The molecule has 5 nitrogen and oxygen atoms in total. The first kappa shape index (κ1) is 12.6. The minimum Gasteiger partial charge on any atom is -0.324 e. The second kappa shape index (κ2) is 5.66. The number of rotatable bonds is 4. The number of hydrogen-bond donors (Lipinski definition) is 1. The zero-order valence-electron chi connectivity index (χ0n) is 10.6. The fourth-order valence-corrected chi connectivity index (χ4v) is 2.46. The molecule has 0 fully saturated rings. The topological polar surface area (TPSA) is 59.8 Å². The van der Waals surface area contributed by atoms with Gasteiger partial charge in [0.15, 0.2) is 0 Å². The summed E-state index contributed by atoms with van der Waals surface area (Å²) in [6.45, 7) is 0. The molecule has 3 rings (SSSR count). The Morgan fingerprint density at radius 1 is 1.35 bits per heavy atom. The molecule has 0 aliphatic carbocycles. The van der Waals surface area contributed by atoms with Crippen molar-refractivity contribution in [3.8, 4) is 5.82 Å². The summed E-state index contributed by atoms with van der Waals surface area (Å²) < 4.78 is 1.80. The van der Waals surface area contributed by atoms with E-state index in [2.05, 4.69) is 15.3 Å². The number of anilines is 1. The van der Waals surface area contributed by atoms with Crippen molar-refractivity contribution in [3.63, 3.8) is 0 Å².